The number of hydrogen-bond acceptors (Lipinski definition) is 5. The van der Waals surface area contributed by atoms with Gasteiger partial charge in [-0.25, -0.2) is 20.8 Å². The quantitative estimate of drug-likeness (QED) is 0.521. The highest BCUT2D eigenvalue weighted by molar-refractivity contribution is 5.51. The van der Waals surface area contributed by atoms with Crippen LogP contribution in [0.1, 0.15) is 0 Å². The van der Waals surface area contributed by atoms with Gasteiger partial charge in [-0.2, -0.15) is 0 Å². The van der Waals surface area contributed by atoms with Gasteiger partial charge in [0.15, 0.2) is 5.82 Å². The summed E-state index contributed by atoms with van der Waals surface area (Å²) in [6.45, 7) is 0. The molecule has 0 aliphatic heterocycles. The molecular formula is C8H10N6. The molecule has 0 amide bonds. The van der Waals surface area contributed by atoms with Gasteiger partial charge in [0.1, 0.15) is 11.5 Å². The normalized spacial score (nSPS) is 10.1. The van der Waals surface area contributed by atoms with Crippen molar-refractivity contribution in [3.63, 3.8) is 0 Å². The van der Waals surface area contributed by atoms with Crippen LogP contribution in [-0.4, -0.2) is 19.5 Å². The third-order valence-corrected chi connectivity index (χ3v) is 1.85. The Labute approximate surface area is 80.8 Å². The fourth-order valence-corrected chi connectivity index (χ4v) is 1.14. The summed E-state index contributed by atoms with van der Waals surface area (Å²) < 4.78 is 1.84. The number of aromatic nitrogens is 4. The van der Waals surface area contributed by atoms with E-state index in [9.17, 15) is 0 Å². The maximum Gasteiger partial charge on any atom is 0.179 e. The molecule has 2 rings (SSSR count). The molecule has 72 valence electrons. The molecule has 14 heavy (non-hydrogen) atoms. The van der Waals surface area contributed by atoms with E-state index < -0.39 is 0 Å². The van der Waals surface area contributed by atoms with Crippen LogP contribution in [0.2, 0.25) is 0 Å². The lowest BCUT2D eigenvalue weighted by molar-refractivity contribution is 0.908. The number of nitrogens with one attached hydrogen (secondary N) is 1. The third-order valence-electron chi connectivity index (χ3n) is 1.85. The van der Waals surface area contributed by atoms with Crippen molar-refractivity contribution in [3.8, 4) is 11.5 Å². The first-order chi connectivity index (χ1) is 6.81. The molecule has 0 saturated heterocycles. The molecule has 0 fully saturated rings. The Morgan fingerprint density at radius 3 is 3.00 bits per heavy atom. The van der Waals surface area contributed by atoms with Gasteiger partial charge >= 0.3 is 0 Å². The van der Waals surface area contributed by atoms with Crippen LogP contribution >= 0.6 is 0 Å². The van der Waals surface area contributed by atoms with E-state index >= 15 is 0 Å². The van der Waals surface area contributed by atoms with E-state index in [2.05, 4.69) is 20.4 Å². The van der Waals surface area contributed by atoms with Crippen molar-refractivity contribution in [2.75, 3.05) is 5.43 Å². The summed E-state index contributed by atoms with van der Waals surface area (Å²) in [6.07, 6.45) is 5.04. The van der Waals surface area contributed by atoms with Gasteiger partial charge < -0.3 is 9.99 Å². The predicted molar refractivity (Wildman–Crippen MR) is 52.0 cm³/mol. The second kappa shape index (κ2) is 3.43. The first kappa shape index (κ1) is 8.64. The van der Waals surface area contributed by atoms with Crippen molar-refractivity contribution in [2.24, 2.45) is 12.9 Å². The van der Waals surface area contributed by atoms with Crippen LogP contribution < -0.4 is 11.3 Å². The number of aryl methyl sites for hydroxylation is 1. The summed E-state index contributed by atoms with van der Waals surface area (Å²) >= 11 is 0. The highest BCUT2D eigenvalue weighted by atomic mass is 15.3. The third kappa shape index (κ3) is 1.42. The average molecular weight is 190 g/mol. The molecule has 0 unspecified atom stereocenters. The van der Waals surface area contributed by atoms with Gasteiger partial charge in [0.2, 0.25) is 0 Å². The fourth-order valence-electron chi connectivity index (χ4n) is 1.14. The van der Waals surface area contributed by atoms with Gasteiger partial charge in [0.05, 0.1) is 12.5 Å². The van der Waals surface area contributed by atoms with E-state index in [1.54, 1.807) is 24.8 Å². The van der Waals surface area contributed by atoms with Crippen molar-refractivity contribution in [2.45, 2.75) is 0 Å². The number of rotatable bonds is 2. The van der Waals surface area contributed by atoms with E-state index in [-0.39, 0.29) is 0 Å². The average Bonchev–Trinajstić information content (AvgIpc) is 2.65. The van der Waals surface area contributed by atoms with Gasteiger partial charge in [-0.15, -0.1) is 0 Å². The summed E-state index contributed by atoms with van der Waals surface area (Å²) in [6, 6.07) is 1.69. The number of imidazole rings is 1. The topological polar surface area (TPSA) is 81.7 Å². The largest absolute Gasteiger partial charge is 0.331 e. The molecule has 6 nitrogen and oxygen atoms in total. The first-order valence-electron chi connectivity index (χ1n) is 4.07. The number of anilines is 1. The van der Waals surface area contributed by atoms with Crippen molar-refractivity contribution >= 4 is 5.82 Å². The first-order valence-corrected chi connectivity index (χ1v) is 4.07. The Morgan fingerprint density at radius 2 is 2.36 bits per heavy atom. The Balaban J connectivity index is 2.47. The SMILES string of the molecule is Cn1cncc1-c1nccc(NN)n1. The zero-order valence-electron chi connectivity index (χ0n) is 7.68. The Kier molecular flexibility index (Phi) is 2.11. The molecule has 6 heteroatoms. The molecule has 0 spiro atoms. The van der Waals surface area contributed by atoms with Crippen molar-refractivity contribution in [1.82, 2.24) is 19.5 Å². The van der Waals surface area contributed by atoms with E-state index in [1.807, 2.05) is 11.6 Å². The standard InChI is InChI=1S/C8H10N6/c1-14-5-10-4-6(14)8-11-3-2-7(12-8)13-9/h2-5H,9H2,1H3,(H,11,12,13). The smallest absolute Gasteiger partial charge is 0.179 e. The number of nitrogens with two attached hydrogens (primary N) is 1. The molecule has 0 aliphatic rings. The lowest BCUT2D eigenvalue weighted by atomic mass is 10.4. The van der Waals surface area contributed by atoms with Crippen molar-refractivity contribution in [1.29, 1.82) is 0 Å². The highest BCUT2D eigenvalue weighted by Gasteiger charge is 2.05. The minimum Gasteiger partial charge on any atom is -0.331 e. The Bertz CT molecular complexity index is 435. The molecule has 2 heterocycles. The van der Waals surface area contributed by atoms with Gasteiger partial charge in [-0.1, -0.05) is 0 Å². The lowest BCUT2D eigenvalue weighted by Crippen LogP contribution is -2.09. The van der Waals surface area contributed by atoms with Crippen LogP contribution in [0, 0.1) is 0 Å². The molecule has 3 N–H and O–H groups in total. The van der Waals surface area contributed by atoms with E-state index in [4.69, 9.17) is 5.84 Å². The molecule has 2 aromatic rings. The summed E-state index contributed by atoms with van der Waals surface area (Å²) in [5, 5.41) is 0. The summed E-state index contributed by atoms with van der Waals surface area (Å²) in [4.78, 5) is 12.3. The van der Waals surface area contributed by atoms with Crippen molar-refractivity contribution < 1.29 is 0 Å². The molecule has 2 aromatic heterocycles. The van der Waals surface area contributed by atoms with Crippen LogP contribution in [0.5, 0.6) is 0 Å². The Morgan fingerprint density at radius 1 is 1.50 bits per heavy atom. The molecule has 0 aromatic carbocycles. The summed E-state index contributed by atoms with van der Waals surface area (Å²) in [7, 11) is 1.88. The zero-order chi connectivity index (χ0) is 9.97. The monoisotopic (exact) mass is 190 g/mol. The second-order valence-electron chi connectivity index (χ2n) is 2.80. The summed E-state index contributed by atoms with van der Waals surface area (Å²) in [5.74, 6) is 6.42. The molecule has 0 saturated carbocycles. The van der Waals surface area contributed by atoms with Crippen LogP contribution in [0.3, 0.4) is 0 Å². The van der Waals surface area contributed by atoms with E-state index in [1.165, 1.54) is 0 Å². The summed E-state index contributed by atoms with van der Waals surface area (Å²) in [5.41, 5.74) is 3.32. The van der Waals surface area contributed by atoms with Crippen LogP contribution in [0.15, 0.2) is 24.8 Å². The molecule has 0 aliphatic carbocycles. The Hall–Kier alpha value is -1.95. The predicted octanol–water partition coefficient (Wildman–Crippen LogP) is 0.163. The molecule has 0 radical (unpaired) electrons. The maximum absolute atomic E-state index is 5.25. The molecular weight excluding hydrogens is 180 g/mol. The van der Waals surface area contributed by atoms with E-state index in [0.717, 1.165) is 5.69 Å². The van der Waals surface area contributed by atoms with Gasteiger partial charge in [-0.3, -0.25) is 0 Å². The van der Waals surface area contributed by atoms with Crippen molar-refractivity contribution in [3.05, 3.63) is 24.8 Å². The highest BCUT2D eigenvalue weighted by Crippen LogP contribution is 2.13. The number of hydrogen-bond donors (Lipinski definition) is 2. The maximum atomic E-state index is 5.25. The molecule has 0 atom stereocenters. The zero-order valence-corrected chi connectivity index (χ0v) is 7.68. The van der Waals surface area contributed by atoms with Gasteiger partial charge in [0, 0.05) is 19.3 Å². The van der Waals surface area contributed by atoms with Gasteiger partial charge in [0.25, 0.3) is 0 Å². The van der Waals surface area contributed by atoms with E-state index in [0.29, 0.717) is 11.6 Å². The minimum absolute atomic E-state index is 0.580. The van der Waals surface area contributed by atoms with Gasteiger partial charge in [-0.05, 0) is 0 Å². The van der Waals surface area contributed by atoms with Crippen LogP contribution in [0.25, 0.3) is 11.5 Å². The number of nitrogens with zero attached hydrogens (tertiary/aromatic N) is 4. The lowest BCUT2D eigenvalue weighted by Gasteiger charge is -2.02. The fraction of sp³-hybridized carbons (Fsp3) is 0.125. The number of nitrogen functional groups attached to an aromatic ring is 1. The molecule has 0 bridgehead atoms. The minimum atomic E-state index is 0.580. The van der Waals surface area contributed by atoms with Crippen LogP contribution in [-0.2, 0) is 7.05 Å². The number of hydrazine groups is 1. The van der Waals surface area contributed by atoms with Crippen LogP contribution in [0.4, 0.5) is 5.82 Å². The second-order valence-corrected chi connectivity index (χ2v) is 2.80.